The maximum absolute atomic E-state index is 13.3. The number of nitrogens with zero attached hydrogens (tertiary/aromatic N) is 2. The van der Waals surface area contributed by atoms with Crippen LogP contribution in [-0.4, -0.2) is 43.6 Å². The van der Waals surface area contributed by atoms with Gasteiger partial charge in [0.25, 0.3) is 5.91 Å². The Bertz CT molecular complexity index is 909. The van der Waals surface area contributed by atoms with Crippen molar-refractivity contribution in [1.82, 2.24) is 10.2 Å². The quantitative estimate of drug-likeness (QED) is 0.676. The van der Waals surface area contributed by atoms with Crippen LogP contribution in [-0.2, 0) is 16.9 Å². The summed E-state index contributed by atoms with van der Waals surface area (Å²) in [4.78, 5) is 30.9. The molecule has 0 bridgehead atoms. The fourth-order valence-electron chi connectivity index (χ4n) is 4.78. The lowest BCUT2D eigenvalue weighted by Gasteiger charge is -2.29. The number of rotatable bonds is 7. The summed E-state index contributed by atoms with van der Waals surface area (Å²) in [6, 6.07) is 17.9. The number of urea groups is 1. The molecular formula is C25H33N4O2+. The minimum atomic E-state index is -0.964. The second-order valence-electron chi connectivity index (χ2n) is 8.79. The number of quaternary nitrogens is 1. The van der Waals surface area contributed by atoms with Gasteiger partial charge in [0.05, 0.1) is 7.05 Å². The van der Waals surface area contributed by atoms with Gasteiger partial charge in [-0.15, -0.1) is 0 Å². The van der Waals surface area contributed by atoms with Crippen LogP contribution in [0.1, 0.15) is 43.7 Å². The minimum absolute atomic E-state index is 0.161. The normalized spacial score (nSPS) is 22.5. The van der Waals surface area contributed by atoms with Crippen LogP contribution in [0, 0.1) is 0 Å². The first-order valence-electron chi connectivity index (χ1n) is 11.4. The van der Waals surface area contributed by atoms with Gasteiger partial charge < -0.3 is 15.1 Å². The van der Waals surface area contributed by atoms with Gasteiger partial charge in [-0.05, 0) is 43.4 Å². The molecule has 2 aliphatic heterocycles. The van der Waals surface area contributed by atoms with Gasteiger partial charge in [-0.25, -0.2) is 9.69 Å². The number of anilines is 1. The molecule has 3 amide bonds. The molecule has 2 aromatic carbocycles. The molecule has 4 rings (SSSR count). The van der Waals surface area contributed by atoms with E-state index < -0.39 is 5.54 Å². The number of carbonyl (C=O) groups is 2. The molecule has 1 unspecified atom stereocenters. The van der Waals surface area contributed by atoms with Crippen LogP contribution in [0.25, 0.3) is 0 Å². The fourth-order valence-corrected chi connectivity index (χ4v) is 4.78. The molecule has 2 saturated heterocycles. The van der Waals surface area contributed by atoms with E-state index in [9.17, 15) is 9.59 Å². The highest BCUT2D eigenvalue weighted by atomic mass is 16.2. The Balaban J connectivity index is 1.41. The highest BCUT2D eigenvalue weighted by Crippen LogP contribution is 2.31. The Morgan fingerprint density at radius 1 is 0.968 bits per heavy atom. The van der Waals surface area contributed by atoms with Crippen LogP contribution in [0.3, 0.4) is 0 Å². The largest absolute Gasteiger partial charge is 0.372 e. The molecule has 2 heterocycles. The maximum atomic E-state index is 13.3. The van der Waals surface area contributed by atoms with Crippen LogP contribution in [0.4, 0.5) is 10.5 Å². The van der Waals surface area contributed by atoms with Gasteiger partial charge in [0, 0.05) is 24.3 Å². The third-order valence-electron chi connectivity index (χ3n) is 6.56. The molecule has 2 fully saturated rings. The Labute approximate surface area is 184 Å². The van der Waals surface area contributed by atoms with Crippen LogP contribution < -0.4 is 15.1 Å². The van der Waals surface area contributed by atoms with Gasteiger partial charge in [-0.1, -0.05) is 49.4 Å². The molecule has 0 spiro atoms. The van der Waals surface area contributed by atoms with Gasteiger partial charge in [0.2, 0.25) is 0 Å². The summed E-state index contributed by atoms with van der Waals surface area (Å²) in [5.41, 5.74) is 2.36. The first-order chi connectivity index (χ1) is 15.0. The van der Waals surface area contributed by atoms with Crippen molar-refractivity contribution >= 4 is 17.6 Å². The molecule has 0 aromatic heterocycles. The predicted octanol–water partition coefficient (Wildman–Crippen LogP) is 2.51. The molecule has 2 aromatic rings. The zero-order valence-electron chi connectivity index (χ0n) is 18.6. The van der Waals surface area contributed by atoms with E-state index in [-0.39, 0.29) is 11.9 Å². The zero-order valence-corrected chi connectivity index (χ0v) is 18.6. The number of carbonyl (C=O) groups excluding carboxylic acids is 2. The van der Waals surface area contributed by atoms with Gasteiger partial charge >= 0.3 is 6.03 Å². The highest BCUT2D eigenvalue weighted by Gasteiger charge is 2.52. The molecule has 2 aliphatic rings. The average molecular weight is 422 g/mol. The Morgan fingerprint density at radius 3 is 2.29 bits per heavy atom. The highest BCUT2D eigenvalue weighted by molar-refractivity contribution is 6.07. The van der Waals surface area contributed by atoms with Crippen LogP contribution in [0.5, 0.6) is 0 Å². The third kappa shape index (κ3) is 4.30. The van der Waals surface area contributed by atoms with Gasteiger partial charge in [0.15, 0.2) is 6.67 Å². The molecule has 31 heavy (non-hydrogen) atoms. The standard InChI is InChI=1S/C25H32N4O2/c1-3-25(21-10-6-4-7-11-21)23(30)29(24(31)26-25)19-27(2)18-20-12-14-22(15-13-20)28-16-8-5-9-17-28/h4,6-7,10-15H,3,5,8-9,16-19H2,1-2H3,(H,26,31)/p+1/t25-/m1/s1. The molecular weight excluding hydrogens is 388 g/mol. The third-order valence-corrected chi connectivity index (χ3v) is 6.56. The minimum Gasteiger partial charge on any atom is -0.372 e. The van der Waals surface area contributed by atoms with E-state index >= 15 is 0 Å². The molecule has 6 nitrogen and oxygen atoms in total. The molecule has 2 N–H and O–H groups in total. The lowest BCUT2D eigenvalue weighted by atomic mass is 9.87. The van der Waals surface area contributed by atoms with E-state index in [2.05, 4.69) is 34.5 Å². The van der Waals surface area contributed by atoms with Gasteiger partial charge in [0.1, 0.15) is 12.1 Å². The lowest BCUT2D eigenvalue weighted by Crippen LogP contribution is -3.09. The average Bonchev–Trinajstić information content (AvgIpc) is 3.06. The number of benzene rings is 2. The van der Waals surface area contributed by atoms with Gasteiger partial charge in [-0.3, -0.25) is 4.79 Å². The Kier molecular flexibility index (Phi) is 6.28. The van der Waals surface area contributed by atoms with Crippen molar-refractivity contribution in [1.29, 1.82) is 0 Å². The summed E-state index contributed by atoms with van der Waals surface area (Å²) in [6.07, 6.45) is 4.38. The Morgan fingerprint density at radius 2 is 1.65 bits per heavy atom. The molecule has 0 saturated carbocycles. The number of amides is 3. The smallest absolute Gasteiger partial charge is 0.329 e. The van der Waals surface area contributed by atoms with Crippen molar-refractivity contribution in [2.75, 3.05) is 31.7 Å². The first kappa shape index (κ1) is 21.4. The van der Waals surface area contributed by atoms with Crippen molar-refractivity contribution in [3.05, 3.63) is 65.7 Å². The summed E-state index contributed by atoms with van der Waals surface area (Å²) < 4.78 is 0. The van der Waals surface area contributed by atoms with Crippen molar-refractivity contribution in [3.63, 3.8) is 0 Å². The van der Waals surface area contributed by atoms with E-state index in [1.54, 1.807) is 0 Å². The Hall–Kier alpha value is -2.86. The van der Waals surface area contributed by atoms with E-state index in [1.165, 1.54) is 35.4 Å². The number of hydrogen-bond donors (Lipinski definition) is 2. The van der Waals surface area contributed by atoms with E-state index in [4.69, 9.17) is 0 Å². The van der Waals surface area contributed by atoms with Gasteiger partial charge in [-0.2, -0.15) is 0 Å². The molecule has 0 radical (unpaired) electrons. The van der Waals surface area contributed by atoms with Crippen LogP contribution in [0.15, 0.2) is 54.6 Å². The van der Waals surface area contributed by atoms with Crippen molar-refractivity contribution in [2.24, 2.45) is 0 Å². The number of hydrogen-bond acceptors (Lipinski definition) is 3. The maximum Gasteiger partial charge on any atom is 0.329 e. The van der Waals surface area contributed by atoms with Crippen molar-refractivity contribution in [2.45, 2.75) is 44.7 Å². The molecule has 2 atom stereocenters. The summed E-state index contributed by atoms with van der Waals surface area (Å²) in [5, 5.41) is 2.96. The molecule has 6 heteroatoms. The molecule has 164 valence electrons. The zero-order chi connectivity index (χ0) is 21.8. The van der Waals surface area contributed by atoms with E-state index in [1.807, 2.05) is 44.3 Å². The predicted molar refractivity (Wildman–Crippen MR) is 122 cm³/mol. The van der Waals surface area contributed by atoms with Crippen molar-refractivity contribution in [3.8, 4) is 0 Å². The number of piperidine rings is 1. The SMILES string of the molecule is CC[C@]1(c2ccccc2)NC(=O)N(C[NH+](C)Cc2ccc(N3CCCCC3)cc2)C1=O. The molecule has 0 aliphatic carbocycles. The monoisotopic (exact) mass is 421 g/mol. The number of imide groups is 1. The van der Waals surface area contributed by atoms with Crippen LogP contribution in [0.2, 0.25) is 0 Å². The lowest BCUT2D eigenvalue weighted by molar-refractivity contribution is -0.901. The topological polar surface area (TPSA) is 57.1 Å². The summed E-state index contributed by atoms with van der Waals surface area (Å²) in [6.45, 7) is 5.30. The summed E-state index contributed by atoms with van der Waals surface area (Å²) >= 11 is 0. The van der Waals surface area contributed by atoms with Crippen LogP contribution >= 0.6 is 0 Å². The van der Waals surface area contributed by atoms with Crippen molar-refractivity contribution < 1.29 is 14.5 Å². The first-order valence-corrected chi connectivity index (χ1v) is 11.4. The van der Waals surface area contributed by atoms with E-state index in [0.29, 0.717) is 13.1 Å². The second-order valence-corrected chi connectivity index (χ2v) is 8.79. The van der Waals surface area contributed by atoms with E-state index in [0.717, 1.165) is 30.1 Å². The number of nitrogens with one attached hydrogen (secondary N) is 2. The summed E-state index contributed by atoms with van der Waals surface area (Å²) in [5.74, 6) is -0.161. The fraction of sp³-hybridized carbons (Fsp3) is 0.440. The summed E-state index contributed by atoms with van der Waals surface area (Å²) in [7, 11) is 2.02. The second kappa shape index (κ2) is 9.10.